The lowest BCUT2D eigenvalue weighted by molar-refractivity contribution is -0.150. The summed E-state index contributed by atoms with van der Waals surface area (Å²) in [4.78, 5) is 62.0. The first-order valence-corrected chi connectivity index (χ1v) is 25.1. The van der Waals surface area contributed by atoms with E-state index in [9.17, 15) is 19.2 Å². The van der Waals surface area contributed by atoms with Crippen molar-refractivity contribution in [2.24, 2.45) is 0 Å². The third kappa shape index (κ3) is 12.2. The molecule has 0 fully saturated rings. The molecule has 7 rings (SSSR count). The quantitative estimate of drug-likeness (QED) is 0.0424. The van der Waals surface area contributed by atoms with Crippen molar-refractivity contribution >= 4 is 38.0 Å². The fraction of sp³-hybridized carbons (Fsp3) is 0.286. The van der Waals surface area contributed by atoms with Gasteiger partial charge in [0.05, 0.1) is 17.9 Å². The summed E-state index contributed by atoms with van der Waals surface area (Å²) in [6.07, 6.45) is 0.657. The largest absolute Gasteiger partial charge is 0.473 e. The smallest absolute Gasteiger partial charge is 0.413 e. The second-order valence-corrected chi connectivity index (χ2v) is 22.5. The van der Waals surface area contributed by atoms with Crippen LogP contribution in [0.25, 0.3) is 22.5 Å². The van der Waals surface area contributed by atoms with Gasteiger partial charge in [0.25, 0.3) is 0 Å². The van der Waals surface area contributed by atoms with E-state index in [0.717, 1.165) is 33.4 Å². The van der Waals surface area contributed by atoms with Crippen molar-refractivity contribution in [3.05, 3.63) is 150 Å². The van der Waals surface area contributed by atoms with Gasteiger partial charge in [-0.3, -0.25) is 10.1 Å². The molecular weight excluding hydrogens is 845 g/mol. The van der Waals surface area contributed by atoms with Gasteiger partial charge in [0.15, 0.2) is 11.8 Å². The lowest BCUT2D eigenvalue weighted by Crippen LogP contribution is -2.55. The van der Waals surface area contributed by atoms with Crippen molar-refractivity contribution in [3.8, 4) is 28.3 Å². The molecule has 0 aliphatic heterocycles. The molecule has 3 N–H and O–H groups in total. The zero-order chi connectivity index (χ0) is 45.9. The Morgan fingerprint density at radius 2 is 1.40 bits per heavy atom. The molecule has 0 bridgehead atoms. The Hall–Kier alpha value is -7.33. The number of carbonyl (C=O) groups is 4. The van der Waals surface area contributed by atoms with Gasteiger partial charge in [-0.15, -0.1) is 0 Å². The van der Waals surface area contributed by atoms with Crippen LogP contribution in [-0.2, 0) is 36.8 Å². The predicted octanol–water partition coefficient (Wildman–Crippen LogP) is 8.53. The van der Waals surface area contributed by atoms with Gasteiger partial charge in [0, 0.05) is 44.9 Å². The van der Waals surface area contributed by atoms with E-state index < -0.39 is 50.3 Å². The minimum absolute atomic E-state index is 0.0510. The van der Waals surface area contributed by atoms with Crippen molar-refractivity contribution in [3.63, 3.8) is 0 Å². The Labute approximate surface area is 378 Å². The van der Waals surface area contributed by atoms with Crippen LogP contribution >= 0.6 is 0 Å². The second-order valence-electron chi connectivity index (χ2n) is 16.9. The highest BCUT2D eigenvalue weighted by Crippen LogP contribution is 2.44. The number of ether oxygens (including phenoxy) is 4. The van der Waals surface area contributed by atoms with E-state index in [-0.39, 0.29) is 24.9 Å². The number of hydrogen-bond acceptors (Lipinski definition) is 12. The van der Waals surface area contributed by atoms with E-state index >= 15 is 0 Å². The van der Waals surface area contributed by atoms with Crippen LogP contribution in [0.15, 0.2) is 126 Å². The van der Waals surface area contributed by atoms with Crippen molar-refractivity contribution in [1.82, 2.24) is 25.8 Å². The van der Waals surface area contributed by atoms with Crippen molar-refractivity contribution in [1.29, 1.82) is 0 Å². The molecule has 0 unspecified atom stereocenters. The van der Waals surface area contributed by atoms with Gasteiger partial charge in [-0.25, -0.2) is 24.4 Å². The van der Waals surface area contributed by atoms with Crippen LogP contribution in [0.4, 0.5) is 15.4 Å². The van der Waals surface area contributed by atoms with Crippen LogP contribution in [0, 0.1) is 0 Å². The molecule has 16 heteroatoms. The van der Waals surface area contributed by atoms with E-state index in [0.29, 0.717) is 42.0 Å². The Morgan fingerprint density at radius 3 is 2.09 bits per heavy atom. The maximum Gasteiger partial charge on any atom is 0.413 e. The molecule has 0 spiro atoms. The third-order valence-corrected chi connectivity index (χ3v) is 12.5. The summed E-state index contributed by atoms with van der Waals surface area (Å²) in [6.45, 7) is 9.88. The molecule has 0 saturated carbocycles. The van der Waals surface area contributed by atoms with E-state index in [1.54, 1.807) is 30.5 Å². The topological polar surface area (TPSA) is 193 Å². The van der Waals surface area contributed by atoms with E-state index in [2.05, 4.69) is 50.7 Å². The SMILES string of the molecule is C[C@H](NC(=O)OCC1c2ccccc2-c2ccccc21)C(=O)N[C@@H](C(=O)OCC[Si](C)(C)C)[C@H](C)OC(=O)Nc1ncccc1-c1cc(Cc2ccc(COc3ccccn3)cc2)no1. The fourth-order valence-electron chi connectivity index (χ4n) is 7.22. The second kappa shape index (κ2) is 20.9. The summed E-state index contributed by atoms with van der Waals surface area (Å²) < 4.78 is 28.3. The normalized spacial score (nSPS) is 13.3. The molecule has 6 aromatic rings. The average molecular weight is 897 g/mol. The molecule has 336 valence electrons. The number of carbonyl (C=O) groups excluding carboxylic acids is 4. The van der Waals surface area contributed by atoms with Gasteiger partial charge in [0.1, 0.15) is 31.2 Å². The monoisotopic (exact) mass is 896 g/mol. The van der Waals surface area contributed by atoms with Crippen molar-refractivity contribution < 1.29 is 42.6 Å². The molecule has 65 heavy (non-hydrogen) atoms. The molecule has 3 aromatic carbocycles. The molecule has 3 amide bonds. The van der Waals surface area contributed by atoms with E-state index in [4.69, 9.17) is 23.5 Å². The molecule has 0 saturated heterocycles. The number of nitrogens with one attached hydrogen (secondary N) is 3. The Kier molecular flexibility index (Phi) is 14.7. The van der Waals surface area contributed by atoms with Crippen molar-refractivity contribution in [2.75, 3.05) is 18.5 Å². The lowest BCUT2D eigenvalue weighted by Gasteiger charge is -2.26. The highest BCUT2D eigenvalue weighted by atomic mass is 28.3. The number of hydrogen-bond donors (Lipinski definition) is 3. The molecule has 15 nitrogen and oxygen atoms in total. The first-order chi connectivity index (χ1) is 31.3. The number of amides is 3. The Morgan fingerprint density at radius 1 is 0.738 bits per heavy atom. The van der Waals surface area contributed by atoms with Gasteiger partial charge in [-0.2, -0.15) is 0 Å². The predicted molar refractivity (Wildman–Crippen MR) is 246 cm³/mol. The highest BCUT2D eigenvalue weighted by molar-refractivity contribution is 6.76. The first-order valence-electron chi connectivity index (χ1n) is 21.4. The van der Waals surface area contributed by atoms with Gasteiger partial charge < -0.3 is 34.1 Å². The summed E-state index contributed by atoms with van der Waals surface area (Å²) in [5.41, 5.74) is 7.32. The summed E-state index contributed by atoms with van der Waals surface area (Å²) in [5, 5.41) is 12.0. The van der Waals surface area contributed by atoms with E-state index in [1.165, 1.54) is 20.0 Å². The number of esters is 1. The molecule has 3 aromatic heterocycles. The zero-order valence-corrected chi connectivity index (χ0v) is 37.9. The number of nitrogens with zero attached hydrogens (tertiary/aromatic N) is 3. The number of alkyl carbamates (subject to hydrolysis) is 1. The number of benzene rings is 3. The first kappa shape index (κ1) is 45.7. The summed E-state index contributed by atoms with van der Waals surface area (Å²) in [7, 11) is -1.59. The van der Waals surface area contributed by atoms with Crippen LogP contribution in [0.3, 0.4) is 0 Å². The number of pyridine rings is 2. The van der Waals surface area contributed by atoms with Crippen LogP contribution in [0.5, 0.6) is 5.88 Å². The molecule has 3 heterocycles. The Balaban J connectivity index is 0.949. The maximum atomic E-state index is 13.5. The van der Waals surface area contributed by atoms with Crippen molar-refractivity contribution in [2.45, 2.75) is 76.7 Å². The number of aromatic nitrogens is 3. The van der Waals surface area contributed by atoms with Crippen LogP contribution in [0.2, 0.25) is 25.7 Å². The van der Waals surface area contributed by atoms with Crippen LogP contribution < -0.4 is 20.7 Å². The van der Waals surface area contributed by atoms with Gasteiger partial charge >= 0.3 is 18.2 Å². The summed E-state index contributed by atoms with van der Waals surface area (Å²) >= 11 is 0. The summed E-state index contributed by atoms with van der Waals surface area (Å²) in [5.74, 6) is -0.680. The van der Waals surface area contributed by atoms with Crippen LogP contribution in [0.1, 0.15) is 47.7 Å². The minimum atomic E-state index is -1.59. The van der Waals surface area contributed by atoms with Gasteiger partial charge in [0.2, 0.25) is 11.8 Å². The zero-order valence-electron chi connectivity index (χ0n) is 36.9. The van der Waals surface area contributed by atoms with Gasteiger partial charge in [-0.05, 0) is 71.5 Å². The van der Waals surface area contributed by atoms with Crippen LogP contribution in [-0.4, -0.2) is 78.7 Å². The fourth-order valence-corrected chi connectivity index (χ4v) is 7.93. The molecule has 0 radical (unpaired) electrons. The average Bonchev–Trinajstić information content (AvgIpc) is 3.89. The number of fused-ring (bicyclic) bond motifs is 3. The maximum absolute atomic E-state index is 13.5. The van der Waals surface area contributed by atoms with Gasteiger partial charge in [-0.1, -0.05) is 104 Å². The Bertz CT molecular complexity index is 2550. The number of anilines is 1. The summed E-state index contributed by atoms with van der Waals surface area (Å²) in [6, 6.07) is 32.6. The molecule has 1 aliphatic carbocycles. The lowest BCUT2D eigenvalue weighted by atomic mass is 9.98. The molecule has 3 atom stereocenters. The van der Waals surface area contributed by atoms with E-state index in [1.807, 2.05) is 84.9 Å². The number of rotatable bonds is 18. The third-order valence-electron chi connectivity index (χ3n) is 10.8. The minimum Gasteiger partial charge on any atom is -0.473 e. The highest BCUT2D eigenvalue weighted by Gasteiger charge is 2.34. The molecular formula is C49H52N6O9Si. The standard InChI is InChI=1S/C49H52N6O9Si/c1-31(52-48(58)62-30-41-38-15-8-6-13-36(38)37-14-7-9-16-39(37)41)46(56)53-44(47(57)60-25-26-65(3,4)5)32(2)63-49(59)54-45-40(17-12-24-51-45)42-28-35(55-64-42)27-33-19-21-34(22-20-33)29-61-43-18-10-11-23-50-43/h6-24,28,31-32,41,44H,25-27,29-30H2,1-5H3,(H,52,58)(H,53,56)(H,51,54,59)/t31-,32-,44+/m0/s1. The molecule has 1 aliphatic rings.